The van der Waals surface area contributed by atoms with Gasteiger partial charge in [-0.2, -0.15) is 8.78 Å². The number of aromatic nitrogens is 2. The number of nitrogens with one attached hydrogen (secondary N) is 1. The van der Waals surface area contributed by atoms with Gasteiger partial charge in [0.05, 0.1) is 31.3 Å². The van der Waals surface area contributed by atoms with Crippen LogP contribution in [0.15, 0.2) is 30.4 Å². The summed E-state index contributed by atoms with van der Waals surface area (Å²) in [4.78, 5) is 51.3. The molecule has 1 saturated carbocycles. The second kappa shape index (κ2) is 13.8. The number of carbonyl (C=O) groups excluding carboxylic acids is 3. The van der Waals surface area contributed by atoms with Crippen LogP contribution >= 0.6 is 0 Å². The highest BCUT2D eigenvalue weighted by Crippen LogP contribution is 2.41. The molecule has 1 N–H and O–H groups in total. The number of methoxy groups -OCH3 is 1. The second-order valence-electron chi connectivity index (χ2n) is 14.4. The Morgan fingerprint density at radius 1 is 1.15 bits per heavy atom. The van der Waals surface area contributed by atoms with Gasteiger partial charge >= 0.3 is 18.0 Å². The van der Waals surface area contributed by atoms with Crippen molar-refractivity contribution >= 4 is 29.0 Å². The maximum absolute atomic E-state index is 16.0. The van der Waals surface area contributed by atoms with Gasteiger partial charge in [-0.3, -0.25) is 4.79 Å². The number of rotatable bonds is 5. The van der Waals surface area contributed by atoms with Crippen LogP contribution in [0.5, 0.6) is 11.6 Å². The lowest BCUT2D eigenvalue weighted by atomic mass is 9.85. The van der Waals surface area contributed by atoms with E-state index in [4.69, 9.17) is 18.9 Å². The van der Waals surface area contributed by atoms with Crippen LogP contribution in [0, 0.1) is 23.2 Å². The first-order chi connectivity index (χ1) is 22.6. The third kappa shape index (κ3) is 7.65. The van der Waals surface area contributed by atoms with Crippen molar-refractivity contribution in [3.05, 3.63) is 36.0 Å². The molecule has 2 amide bonds. The average molecular weight is 673 g/mol. The number of alkyl halides is 2. The van der Waals surface area contributed by atoms with Crippen LogP contribution in [0.1, 0.15) is 72.9 Å². The van der Waals surface area contributed by atoms with Gasteiger partial charge in [0.2, 0.25) is 11.8 Å². The van der Waals surface area contributed by atoms with Gasteiger partial charge in [0.25, 0.3) is 0 Å². The first-order valence-corrected chi connectivity index (χ1v) is 16.7. The third-order valence-electron chi connectivity index (χ3n) is 9.09. The molecule has 5 rings (SSSR count). The minimum atomic E-state index is -3.57. The molecule has 2 aromatic rings. The van der Waals surface area contributed by atoms with Gasteiger partial charge in [-0.1, -0.05) is 47.6 Å². The molecule has 0 spiro atoms. The summed E-state index contributed by atoms with van der Waals surface area (Å²) in [6, 6.07) is 2.55. The average Bonchev–Trinajstić information content (AvgIpc) is 3.65. The monoisotopic (exact) mass is 672 g/mol. The van der Waals surface area contributed by atoms with Gasteiger partial charge in [-0.25, -0.2) is 19.6 Å². The predicted octanol–water partition coefficient (Wildman–Crippen LogP) is 5.79. The Hall–Kier alpha value is -4.03. The summed E-state index contributed by atoms with van der Waals surface area (Å²) in [7, 11) is 1.48. The summed E-state index contributed by atoms with van der Waals surface area (Å²) >= 11 is 0. The summed E-state index contributed by atoms with van der Waals surface area (Å²) < 4.78 is 54.9. The predicted molar refractivity (Wildman–Crippen MR) is 173 cm³/mol. The lowest BCUT2D eigenvalue weighted by Gasteiger charge is -2.35. The SMILES string of the molecule is CCC1C2CN(C(=O)C(C(C)(C)C)NC(=O)OC3CC3CCC=CC(F)(F)c3nc4ccc(OC)cc4nc3O2)C1C(=O)OCC(C)C. The summed E-state index contributed by atoms with van der Waals surface area (Å²) in [5.41, 5.74) is -0.961. The number of halogens is 2. The molecule has 6 atom stereocenters. The lowest BCUT2D eigenvalue weighted by Crippen LogP contribution is -2.57. The summed E-state index contributed by atoms with van der Waals surface area (Å²) in [6.45, 7) is 11.0. The molecule has 13 heteroatoms. The van der Waals surface area contributed by atoms with Crippen molar-refractivity contribution in [1.82, 2.24) is 20.2 Å². The highest BCUT2D eigenvalue weighted by atomic mass is 19.3. The molecule has 1 aliphatic carbocycles. The molecule has 2 fully saturated rings. The summed E-state index contributed by atoms with van der Waals surface area (Å²) in [5, 5.41) is 2.76. The molecule has 3 heterocycles. The van der Waals surface area contributed by atoms with Crippen molar-refractivity contribution in [3.63, 3.8) is 0 Å². The Labute approximate surface area is 279 Å². The zero-order valence-corrected chi connectivity index (χ0v) is 28.6. The Morgan fingerprint density at radius 3 is 2.56 bits per heavy atom. The molecule has 11 nitrogen and oxygen atoms in total. The van der Waals surface area contributed by atoms with Crippen LogP contribution in [0.4, 0.5) is 13.6 Å². The Kier molecular flexibility index (Phi) is 10.2. The van der Waals surface area contributed by atoms with Crippen molar-refractivity contribution in [2.45, 2.75) is 97.4 Å². The fourth-order valence-corrected chi connectivity index (χ4v) is 6.33. The highest BCUT2D eigenvalue weighted by molar-refractivity contribution is 5.91. The van der Waals surface area contributed by atoms with Crippen molar-refractivity contribution < 1.29 is 42.1 Å². The largest absolute Gasteiger partial charge is 0.497 e. The fraction of sp³-hybridized carbons (Fsp3) is 0.629. The molecule has 1 saturated heterocycles. The summed E-state index contributed by atoms with van der Waals surface area (Å²) in [5.74, 6) is -5.31. The van der Waals surface area contributed by atoms with E-state index in [1.54, 1.807) is 39.0 Å². The number of esters is 1. The molecule has 48 heavy (non-hydrogen) atoms. The van der Waals surface area contributed by atoms with E-state index in [0.717, 1.165) is 6.08 Å². The first-order valence-electron chi connectivity index (χ1n) is 16.7. The Balaban J connectivity index is 1.62. The van der Waals surface area contributed by atoms with E-state index in [-0.39, 0.29) is 42.1 Å². The first kappa shape index (κ1) is 35.3. The molecule has 0 radical (unpaired) electrons. The fourth-order valence-electron chi connectivity index (χ4n) is 6.33. The topological polar surface area (TPSA) is 129 Å². The molecular formula is C35H46F2N4O7. The molecule has 3 aliphatic rings. The Morgan fingerprint density at radius 2 is 1.90 bits per heavy atom. The molecule has 6 unspecified atom stereocenters. The van der Waals surface area contributed by atoms with E-state index < -0.39 is 65.0 Å². The molecule has 2 bridgehead atoms. The van der Waals surface area contributed by atoms with Gasteiger partial charge < -0.3 is 29.2 Å². The number of hydrogen-bond donors (Lipinski definition) is 1. The van der Waals surface area contributed by atoms with Crippen molar-refractivity contribution in [1.29, 1.82) is 0 Å². The van der Waals surface area contributed by atoms with Crippen LogP contribution < -0.4 is 14.8 Å². The molecule has 1 aromatic carbocycles. The van der Waals surface area contributed by atoms with Crippen LogP contribution in [0.2, 0.25) is 0 Å². The third-order valence-corrected chi connectivity index (χ3v) is 9.09. The van der Waals surface area contributed by atoms with E-state index in [1.807, 2.05) is 20.8 Å². The van der Waals surface area contributed by atoms with Crippen LogP contribution in [0.3, 0.4) is 0 Å². The zero-order chi connectivity index (χ0) is 35.0. The highest BCUT2D eigenvalue weighted by Gasteiger charge is 2.53. The van der Waals surface area contributed by atoms with Gasteiger partial charge in [0, 0.05) is 12.0 Å². The van der Waals surface area contributed by atoms with Gasteiger partial charge in [0.1, 0.15) is 30.0 Å². The van der Waals surface area contributed by atoms with Gasteiger partial charge in [-0.05, 0) is 61.1 Å². The normalized spacial score (nSPS) is 27.6. The van der Waals surface area contributed by atoms with E-state index in [9.17, 15) is 14.4 Å². The van der Waals surface area contributed by atoms with Crippen molar-refractivity contribution in [2.24, 2.45) is 23.2 Å². The number of fused-ring (bicyclic) bond motifs is 5. The smallest absolute Gasteiger partial charge is 0.408 e. The van der Waals surface area contributed by atoms with Crippen LogP contribution in [0.25, 0.3) is 11.0 Å². The number of benzene rings is 1. The van der Waals surface area contributed by atoms with Gasteiger partial charge in [0.15, 0.2) is 5.69 Å². The van der Waals surface area contributed by atoms with E-state index in [1.165, 1.54) is 18.1 Å². The molecule has 262 valence electrons. The standard InChI is InChI=1S/C35H46F2N4O7/c1-8-22-26-17-41(27(22)32(43)46-18-19(2)3)31(42)29(34(4,5)6)40-33(44)48-25-15-20(25)11-9-10-14-35(36,37)28-30(47-26)39-24-16-21(45-7)12-13-23(24)38-28/h10,12-14,16,19-20,22,25-27,29H,8-9,11,15,17-18H2,1-7H3,(H,40,44). The molecular weight excluding hydrogens is 626 g/mol. The molecule has 2 aliphatic heterocycles. The molecule has 1 aromatic heterocycles. The Bertz CT molecular complexity index is 1560. The van der Waals surface area contributed by atoms with E-state index in [0.29, 0.717) is 31.4 Å². The quantitative estimate of drug-likeness (QED) is 0.310. The second-order valence-corrected chi connectivity index (χ2v) is 14.4. The van der Waals surface area contributed by atoms with Crippen LogP contribution in [-0.2, 0) is 25.0 Å². The minimum Gasteiger partial charge on any atom is -0.497 e. The number of ether oxygens (including phenoxy) is 4. The maximum atomic E-state index is 16.0. The summed E-state index contributed by atoms with van der Waals surface area (Å²) in [6.07, 6.45) is 1.92. The lowest BCUT2D eigenvalue weighted by molar-refractivity contribution is -0.157. The van der Waals surface area contributed by atoms with Crippen molar-refractivity contribution in [2.75, 3.05) is 20.3 Å². The number of hydrogen-bond acceptors (Lipinski definition) is 9. The number of nitrogens with zero attached hydrogens (tertiary/aromatic N) is 3. The minimum absolute atomic E-state index is 0.00999. The van der Waals surface area contributed by atoms with E-state index >= 15 is 8.78 Å². The number of alkyl carbamates (subject to hydrolysis) is 1. The zero-order valence-electron chi connectivity index (χ0n) is 28.6. The van der Waals surface area contributed by atoms with Crippen molar-refractivity contribution in [3.8, 4) is 11.6 Å². The number of carbonyl (C=O) groups is 3. The maximum Gasteiger partial charge on any atom is 0.408 e. The van der Waals surface area contributed by atoms with Gasteiger partial charge in [-0.15, -0.1) is 0 Å². The number of amides is 2. The number of allylic oxidation sites excluding steroid dienone is 2. The van der Waals surface area contributed by atoms with Crippen LogP contribution in [-0.4, -0.2) is 77.4 Å². The van der Waals surface area contributed by atoms with E-state index in [2.05, 4.69) is 15.3 Å².